The number of carboxylic acids is 1. The highest BCUT2D eigenvalue weighted by Gasteiger charge is 2.51. The number of ether oxygens (including phenoxy) is 9. The van der Waals surface area contributed by atoms with Crippen molar-refractivity contribution in [3.63, 3.8) is 0 Å². The number of phenolic OH excluding ortho intramolecular Hbond substituents is 2. The maximum Gasteiger partial charge on any atom is 0.408 e. The molecule has 113 heavy (non-hydrogen) atoms. The first-order valence-electron chi connectivity index (χ1n) is 35.4. The fraction of sp³-hybridized carbons (Fsp3) is 0.451. The molecule has 42 heteroatoms. The number of alkyl carbamates (subject to hydrolysis) is 1. The summed E-state index contributed by atoms with van der Waals surface area (Å²) < 4.78 is 51.6. The van der Waals surface area contributed by atoms with Crippen molar-refractivity contribution in [2.45, 2.75) is 131 Å². The predicted octanol–water partition coefficient (Wildman–Crippen LogP) is -1.80. The minimum atomic E-state index is -2.52. The molecule has 6 unspecified atom stereocenters. The zero-order valence-corrected chi connectivity index (χ0v) is 60.4. The van der Waals surface area contributed by atoms with Gasteiger partial charge in [0.15, 0.2) is 34.8 Å². The second-order valence-electron chi connectivity index (χ2n) is 26.7. The van der Waals surface area contributed by atoms with E-state index < -0.39 is 197 Å². The van der Waals surface area contributed by atoms with Gasteiger partial charge < -0.3 is 126 Å². The molecule has 2 aromatic heterocycles. The zero-order chi connectivity index (χ0) is 81.1. The van der Waals surface area contributed by atoms with Crippen molar-refractivity contribution in [1.82, 2.24) is 51.9 Å². The van der Waals surface area contributed by atoms with Crippen LogP contribution in [0.5, 0.6) is 23.0 Å². The molecule has 11 rings (SSSR count). The van der Waals surface area contributed by atoms with E-state index in [1.165, 1.54) is 56.6 Å². The number of hydrazine groups is 2. The summed E-state index contributed by atoms with van der Waals surface area (Å²) in [5, 5.41) is 133. The molecular formula is C71H83N13O29. The Balaban J connectivity index is 0.655. The lowest BCUT2D eigenvalue weighted by atomic mass is 9.72. The van der Waals surface area contributed by atoms with Crippen molar-refractivity contribution in [2.75, 3.05) is 84.1 Å². The van der Waals surface area contributed by atoms with Crippen molar-refractivity contribution in [1.29, 1.82) is 0 Å². The number of hydrogen-bond acceptors (Lipinski definition) is 36. The Bertz CT molecular complexity index is 4650. The summed E-state index contributed by atoms with van der Waals surface area (Å²) in [7, 11) is 1.25. The summed E-state index contributed by atoms with van der Waals surface area (Å²) in [4.78, 5) is 132. The normalized spacial score (nSPS) is 23.0. The van der Waals surface area contributed by atoms with Crippen LogP contribution in [0.4, 0.5) is 22.1 Å². The Morgan fingerprint density at radius 2 is 1.59 bits per heavy atom. The number of carboxylic acid groups (broad SMARTS) is 1. The third kappa shape index (κ3) is 19.1. The van der Waals surface area contributed by atoms with Gasteiger partial charge in [0.25, 0.3) is 11.5 Å². The molecule has 2 fully saturated rings. The van der Waals surface area contributed by atoms with Gasteiger partial charge in [0.1, 0.15) is 72.1 Å². The SMILES string of the molecule is COc1cccc2c1C(=O)c1c(O)c3c(c(O)c1C2=O)C[C@@](O)(C(=O)CO)C[C@@H]3OC1CC(NC(=O)O[C@@H](CC2=CN(CCOCCOCCOCCNC(=O)CC[C@H](NC(=O)c3ccc(NCc4cnc5nc(N)[nH]c(=O)c5n4)cc3)C(=O)O)NN2)c2ccc(O[C@@H]3OC(CO)[C@H](O)C(O)[C@@H]3O)c([N+](=O)[O-])c2)C(O)C(C)O1. The number of aromatic hydroxyl groups is 2. The van der Waals surface area contributed by atoms with Crippen molar-refractivity contribution in [2.24, 2.45) is 0 Å². The van der Waals surface area contributed by atoms with E-state index in [2.05, 4.69) is 52.2 Å². The molecule has 2 aliphatic carbocycles. The van der Waals surface area contributed by atoms with Crippen molar-refractivity contribution >= 4 is 69.7 Å². The maximum absolute atomic E-state index is 14.3. The number of nitrogens with one attached hydrogen (secondary N) is 7. The number of aliphatic hydroxyl groups is 7. The van der Waals surface area contributed by atoms with E-state index in [0.717, 1.165) is 12.1 Å². The van der Waals surface area contributed by atoms with Crippen LogP contribution < -0.4 is 53.0 Å². The molecule has 5 heterocycles. The number of nitrogens with zero attached hydrogens (tertiary/aromatic N) is 5. The molecule has 606 valence electrons. The van der Waals surface area contributed by atoms with Gasteiger partial charge in [0.2, 0.25) is 23.9 Å². The van der Waals surface area contributed by atoms with Crippen LogP contribution in [0.1, 0.15) is 116 Å². The van der Waals surface area contributed by atoms with E-state index in [-0.39, 0.29) is 135 Å². The molecule has 19 N–H and O–H groups in total. The Labute approximate surface area is 639 Å². The molecule has 0 radical (unpaired) electrons. The number of amides is 3. The largest absolute Gasteiger partial charge is 0.507 e. The van der Waals surface area contributed by atoms with Crippen LogP contribution in [0.2, 0.25) is 0 Å². The smallest absolute Gasteiger partial charge is 0.408 e. The third-order valence-corrected chi connectivity index (χ3v) is 19.2. The van der Waals surface area contributed by atoms with Crippen LogP contribution in [0.3, 0.4) is 0 Å². The second kappa shape index (κ2) is 36.5. The van der Waals surface area contributed by atoms with E-state index in [4.69, 9.17) is 48.4 Å². The molecule has 13 atom stereocenters. The molecule has 3 amide bonds. The number of phenols is 2. The number of carbonyl (C=O) groups excluding carboxylic acids is 6. The van der Waals surface area contributed by atoms with Crippen molar-refractivity contribution < 1.29 is 132 Å². The number of nitrogens with two attached hydrogens (primary N) is 1. The Morgan fingerprint density at radius 3 is 2.30 bits per heavy atom. The lowest BCUT2D eigenvalue weighted by Gasteiger charge is -2.42. The fourth-order valence-electron chi connectivity index (χ4n) is 13.3. The number of aromatic nitrogens is 4. The van der Waals surface area contributed by atoms with Crippen LogP contribution in [-0.4, -0.2) is 262 Å². The summed E-state index contributed by atoms with van der Waals surface area (Å²) >= 11 is 0. The zero-order valence-electron chi connectivity index (χ0n) is 60.4. The topological polar surface area (TPSA) is 621 Å². The molecule has 5 aliphatic rings. The van der Waals surface area contributed by atoms with Gasteiger partial charge in [-0.15, -0.1) is 5.53 Å². The van der Waals surface area contributed by atoms with Gasteiger partial charge in [-0.1, -0.05) is 18.2 Å². The molecule has 3 aliphatic heterocycles. The van der Waals surface area contributed by atoms with E-state index in [9.17, 15) is 99.5 Å². The van der Waals surface area contributed by atoms with Crippen molar-refractivity contribution in [3.8, 4) is 23.0 Å². The van der Waals surface area contributed by atoms with E-state index in [0.29, 0.717) is 17.1 Å². The molecule has 6 aromatic rings. The highest BCUT2D eigenvalue weighted by molar-refractivity contribution is 6.31. The van der Waals surface area contributed by atoms with Gasteiger partial charge in [0.05, 0.1) is 118 Å². The predicted molar refractivity (Wildman–Crippen MR) is 383 cm³/mol. The number of aromatic amines is 1. The highest BCUT2D eigenvalue weighted by atomic mass is 16.7. The summed E-state index contributed by atoms with van der Waals surface area (Å²) in [6.45, 7) is 0.647. The molecule has 0 saturated carbocycles. The minimum Gasteiger partial charge on any atom is -0.507 e. The average Bonchev–Trinajstić information content (AvgIpc) is 0.740. The number of anilines is 2. The number of methoxy groups -OCH3 is 1. The summed E-state index contributed by atoms with van der Waals surface area (Å²) in [5.41, 5.74) is 6.73. The number of fused-ring (bicyclic) bond motifs is 4. The number of nitrogen functional groups attached to an aromatic ring is 1. The Morgan fingerprint density at radius 1 is 0.867 bits per heavy atom. The van der Waals surface area contributed by atoms with Gasteiger partial charge in [0, 0.05) is 84.6 Å². The molecule has 0 spiro atoms. The lowest BCUT2D eigenvalue weighted by molar-refractivity contribution is -0.387. The number of aliphatic carboxylic acids is 1. The molecule has 4 aromatic carbocycles. The van der Waals surface area contributed by atoms with Gasteiger partial charge in [-0.05, 0) is 55.3 Å². The Kier molecular flexibility index (Phi) is 26.7. The van der Waals surface area contributed by atoms with E-state index in [1.807, 2.05) is 0 Å². The molecule has 2 saturated heterocycles. The van der Waals surface area contributed by atoms with E-state index in [1.54, 1.807) is 23.3 Å². The lowest BCUT2D eigenvalue weighted by Crippen LogP contribution is -2.60. The minimum absolute atomic E-state index is 0.0100. The first-order chi connectivity index (χ1) is 54.1. The van der Waals surface area contributed by atoms with Gasteiger partial charge in [-0.3, -0.25) is 48.9 Å². The average molecular weight is 1580 g/mol. The van der Waals surface area contributed by atoms with Gasteiger partial charge in [-0.2, -0.15) is 4.98 Å². The Hall–Kier alpha value is -11.2. The van der Waals surface area contributed by atoms with E-state index >= 15 is 0 Å². The number of rotatable bonds is 35. The number of ketones is 3. The maximum atomic E-state index is 14.3. The monoisotopic (exact) mass is 1580 g/mol. The molecule has 42 nitrogen and oxygen atoms in total. The number of benzene rings is 4. The van der Waals surface area contributed by atoms with Crippen LogP contribution in [0.25, 0.3) is 11.2 Å². The molecule has 0 bridgehead atoms. The van der Waals surface area contributed by atoms with Crippen LogP contribution in [0.15, 0.2) is 83.6 Å². The van der Waals surface area contributed by atoms with Crippen molar-refractivity contribution in [3.05, 3.63) is 149 Å². The van der Waals surface area contributed by atoms with Crippen LogP contribution in [-0.2, 0) is 60.5 Å². The second-order valence-corrected chi connectivity index (χ2v) is 26.7. The number of Topliss-reactive ketones (excluding diaryl/α,β-unsaturated/α-hetero) is 1. The number of hydrogen-bond donors (Lipinski definition) is 18. The first-order valence-corrected chi connectivity index (χ1v) is 35.4. The fourth-order valence-corrected chi connectivity index (χ4v) is 13.3. The number of H-pyrrole nitrogens is 1. The van der Waals surface area contributed by atoms with Crippen LogP contribution in [0, 0.1) is 10.1 Å². The number of nitro benzene ring substituents is 1. The van der Waals surface area contributed by atoms with Gasteiger partial charge in [-0.25, -0.2) is 19.6 Å². The summed E-state index contributed by atoms with van der Waals surface area (Å²) in [6.07, 6.45) is -17.2. The van der Waals surface area contributed by atoms with Gasteiger partial charge >= 0.3 is 17.7 Å². The quantitative estimate of drug-likeness (QED) is 0.00902. The first kappa shape index (κ1) is 82.7. The third-order valence-electron chi connectivity index (χ3n) is 19.2. The molecular weight excluding hydrogens is 1500 g/mol. The van der Waals surface area contributed by atoms with Crippen LogP contribution >= 0.6 is 0 Å². The standard InChI is InChI=1S/C71H83N13O29/c1-32-56(89)41(24-50(109-32)110-46-26-71(102,48(87)31-86)25-39-52(46)61(94)54-53(58(39)91)57(90)38-4-3-5-44(105-2)51(38)60(54)93)78-70(101)113-45(34-8-12-43(42(22-34)84(103)104)111-68-63(96)62(95)59(92)47(30-85)112-68)23-36-29-83(82-81-36)15-17-107-19-21-108-20-18-106-16-14-73-49(88)13-11-40(67(99)100)77-65(97)33-6-9-35(10-7-33)74-27-37-28-75-64-55(76-37)66(98)80-69(72)79-64/h3-10,12,22,28-29,32,40-41,45-47,50,56,59,62-63,68,74,81-82,85-86,89,91-92,94-96,102H,11,13-21,23-27,30-31H2,1-2H3,(H,73,88)(H,77,97)(H,78,101)(H,99,100)(H3,72,75,79,80,98)/t32?,40-,41?,45-,46-,47?,50?,56?,59-,62?,63-,68+,71-/m0/s1. The number of carbonyl (C=O) groups is 7. The number of aliphatic hydroxyl groups excluding tert-OH is 6. The summed E-state index contributed by atoms with van der Waals surface area (Å²) in [5.74, 6) is -7.85. The number of nitro groups is 1. The summed E-state index contributed by atoms with van der Waals surface area (Å²) in [6, 6.07) is 10.9. The highest BCUT2D eigenvalue weighted by Crippen LogP contribution is 2.53.